The topological polar surface area (TPSA) is 105 Å². The van der Waals surface area contributed by atoms with Gasteiger partial charge < -0.3 is 9.84 Å². The second-order valence-corrected chi connectivity index (χ2v) is 9.36. The molecule has 1 aliphatic heterocycles. The fourth-order valence-electron chi connectivity index (χ4n) is 3.50. The number of aromatic amines is 1. The Morgan fingerprint density at radius 1 is 1.41 bits per heavy atom. The maximum atomic E-state index is 13.0. The van der Waals surface area contributed by atoms with E-state index in [4.69, 9.17) is 27.9 Å². The fourth-order valence-corrected chi connectivity index (χ4v) is 6.50. The molecule has 1 aromatic carbocycles. The van der Waals surface area contributed by atoms with Crippen molar-refractivity contribution in [3.8, 4) is 0 Å². The maximum absolute atomic E-state index is 13.0. The van der Waals surface area contributed by atoms with Crippen LogP contribution in [0.5, 0.6) is 0 Å². The molecule has 7 nitrogen and oxygen atoms in total. The summed E-state index contributed by atoms with van der Waals surface area (Å²) in [4.78, 5) is 25.4. The first-order chi connectivity index (χ1) is 12.6. The molecular formula is C17H20Cl2N2O5S. The SMILES string of the molecule is CCn1[nH]cc(C(=O)c2cc(Cl)c3c(c2Cl)C(OC)C(C)CS3(O)O)c1=O. The van der Waals surface area contributed by atoms with Crippen LogP contribution in [0.25, 0.3) is 0 Å². The molecule has 0 fully saturated rings. The monoisotopic (exact) mass is 434 g/mol. The Hall–Kier alpha value is -1.29. The summed E-state index contributed by atoms with van der Waals surface area (Å²) in [5.41, 5.74) is -0.223. The molecular weight excluding hydrogens is 415 g/mol. The highest BCUT2D eigenvalue weighted by atomic mass is 35.5. The Bertz CT molecular complexity index is 969. The number of nitrogens with one attached hydrogen (secondary N) is 1. The Labute approximate surface area is 167 Å². The van der Waals surface area contributed by atoms with E-state index >= 15 is 0 Å². The van der Waals surface area contributed by atoms with Gasteiger partial charge in [0, 0.05) is 42.6 Å². The van der Waals surface area contributed by atoms with E-state index in [1.54, 1.807) is 13.8 Å². The molecule has 0 amide bonds. The summed E-state index contributed by atoms with van der Waals surface area (Å²) in [5, 5.41) is 2.74. The van der Waals surface area contributed by atoms with Crippen LogP contribution >= 0.6 is 33.8 Å². The van der Waals surface area contributed by atoms with Crippen LogP contribution in [-0.2, 0) is 11.3 Å². The van der Waals surface area contributed by atoms with E-state index in [1.165, 1.54) is 24.1 Å². The maximum Gasteiger partial charge on any atom is 0.277 e. The number of rotatable bonds is 4. The van der Waals surface area contributed by atoms with Crippen molar-refractivity contribution in [1.82, 2.24) is 9.78 Å². The summed E-state index contributed by atoms with van der Waals surface area (Å²) in [6, 6.07) is 1.28. The van der Waals surface area contributed by atoms with Crippen molar-refractivity contribution in [2.24, 2.45) is 5.92 Å². The van der Waals surface area contributed by atoms with Gasteiger partial charge in [0.2, 0.25) is 5.78 Å². The summed E-state index contributed by atoms with van der Waals surface area (Å²) >= 11 is 12.8. The lowest BCUT2D eigenvalue weighted by molar-refractivity contribution is 0.0596. The van der Waals surface area contributed by atoms with Crippen LogP contribution in [0.2, 0.25) is 10.0 Å². The van der Waals surface area contributed by atoms with Crippen molar-refractivity contribution in [3.63, 3.8) is 0 Å². The first-order valence-corrected chi connectivity index (χ1v) is 10.7. The zero-order valence-electron chi connectivity index (χ0n) is 15.0. The number of fused-ring (bicyclic) bond motifs is 1. The Kier molecular flexibility index (Phi) is 5.51. The summed E-state index contributed by atoms with van der Waals surface area (Å²) in [7, 11) is -1.70. The highest BCUT2D eigenvalue weighted by Crippen LogP contribution is 2.62. The number of ketones is 1. The predicted molar refractivity (Wildman–Crippen MR) is 106 cm³/mol. The second-order valence-electron chi connectivity index (χ2n) is 6.50. The molecule has 1 aliphatic rings. The third-order valence-corrected chi connectivity index (χ3v) is 7.63. The molecule has 3 rings (SSSR count). The first-order valence-electron chi connectivity index (χ1n) is 8.27. The van der Waals surface area contributed by atoms with Gasteiger partial charge in [-0.15, -0.1) is 0 Å². The molecule has 2 aromatic rings. The number of aromatic nitrogens is 2. The Morgan fingerprint density at radius 3 is 2.63 bits per heavy atom. The predicted octanol–water partition coefficient (Wildman–Crippen LogP) is 4.18. The molecule has 0 bridgehead atoms. The summed E-state index contributed by atoms with van der Waals surface area (Å²) in [6.07, 6.45) is 0.762. The number of benzene rings is 1. The quantitative estimate of drug-likeness (QED) is 0.625. The van der Waals surface area contributed by atoms with Gasteiger partial charge in [0.15, 0.2) is 0 Å². The minimum atomic E-state index is -3.18. The van der Waals surface area contributed by atoms with Crippen LogP contribution in [-0.4, -0.2) is 37.5 Å². The minimum Gasteiger partial charge on any atom is -0.376 e. The van der Waals surface area contributed by atoms with E-state index in [0.717, 1.165) is 0 Å². The summed E-state index contributed by atoms with van der Waals surface area (Å²) in [6.45, 7) is 3.95. The average molecular weight is 435 g/mol. The van der Waals surface area contributed by atoms with Crippen LogP contribution in [0.15, 0.2) is 22.0 Å². The second kappa shape index (κ2) is 7.27. The molecule has 0 saturated heterocycles. The van der Waals surface area contributed by atoms with Crippen molar-refractivity contribution >= 4 is 39.6 Å². The third kappa shape index (κ3) is 3.24. The number of nitrogens with zero attached hydrogens (tertiary/aromatic N) is 1. The molecule has 27 heavy (non-hydrogen) atoms. The molecule has 2 atom stereocenters. The van der Waals surface area contributed by atoms with Gasteiger partial charge in [-0.2, -0.15) is 10.6 Å². The molecule has 148 valence electrons. The molecule has 2 unspecified atom stereocenters. The zero-order valence-corrected chi connectivity index (χ0v) is 17.3. The number of ether oxygens (including phenoxy) is 1. The van der Waals surface area contributed by atoms with Crippen molar-refractivity contribution in [2.45, 2.75) is 31.4 Å². The lowest BCUT2D eigenvalue weighted by atomic mass is 9.94. The van der Waals surface area contributed by atoms with E-state index in [-0.39, 0.29) is 37.7 Å². The van der Waals surface area contributed by atoms with Gasteiger partial charge in [-0.05, 0) is 13.0 Å². The standard InChI is InChI=1S/C17H20Cl2N2O5S/c1-4-21-17(23)10(6-20-21)14(22)9-5-11(18)16-12(13(9)19)15(26-3)8(2)7-27(16,24)25/h5-6,8,15,20,24-25H,4,7H2,1-3H3. The molecule has 2 heterocycles. The van der Waals surface area contributed by atoms with Crippen LogP contribution in [0.4, 0.5) is 0 Å². The largest absolute Gasteiger partial charge is 0.376 e. The van der Waals surface area contributed by atoms with Gasteiger partial charge in [0.05, 0.1) is 21.0 Å². The number of carbonyl (C=O) groups excluding carboxylic acids is 1. The van der Waals surface area contributed by atoms with Gasteiger partial charge in [-0.1, -0.05) is 30.1 Å². The number of methoxy groups -OCH3 is 1. The van der Waals surface area contributed by atoms with Gasteiger partial charge >= 0.3 is 0 Å². The smallest absolute Gasteiger partial charge is 0.277 e. The van der Waals surface area contributed by atoms with Crippen LogP contribution < -0.4 is 5.56 Å². The highest BCUT2D eigenvalue weighted by Gasteiger charge is 2.41. The average Bonchev–Trinajstić information content (AvgIpc) is 2.96. The van der Waals surface area contributed by atoms with Crippen molar-refractivity contribution < 1.29 is 18.6 Å². The third-order valence-electron chi connectivity index (χ3n) is 4.73. The number of halogens is 2. The normalized spacial score (nSPS) is 22.3. The Morgan fingerprint density at radius 2 is 2.07 bits per heavy atom. The van der Waals surface area contributed by atoms with Crippen LogP contribution in [0, 0.1) is 5.92 Å². The van der Waals surface area contributed by atoms with E-state index in [1.807, 2.05) is 0 Å². The van der Waals surface area contributed by atoms with E-state index < -0.39 is 28.0 Å². The molecule has 1 aromatic heterocycles. The highest BCUT2D eigenvalue weighted by molar-refractivity contribution is 8.24. The summed E-state index contributed by atoms with van der Waals surface area (Å²) in [5.74, 6) is -0.764. The Balaban J connectivity index is 2.24. The number of carbonyl (C=O) groups is 1. The zero-order chi connectivity index (χ0) is 20.1. The molecule has 0 aliphatic carbocycles. The van der Waals surface area contributed by atoms with Crippen molar-refractivity contribution in [2.75, 3.05) is 12.9 Å². The molecule has 0 radical (unpaired) electrons. The summed E-state index contributed by atoms with van der Waals surface area (Å²) < 4.78 is 27.9. The van der Waals surface area contributed by atoms with Gasteiger partial charge in [-0.3, -0.25) is 23.4 Å². The lowest BCUT2D eigenvalue weighted by Gasteiger charge is -2.45. The van der Waals surface area contributed by atoms with Crippen LogP contribution in [0.3, 0.4) is 0 Å². The molecule has 0 saturated carbocycles. The first kappa shape index (κ1) is 20.4. The van der Waals surface area contributed by atoms with E-state index in [0.29, 0.717) is 12.1 Å². The number of H-pyrrole nitrogens is 1. The lowest BCUT2D eigenvalue weighted by Crippen LogP contribution is -2.28. The van der Waals surface area contributed by atoms with Gasteiger partial charge in [0.1, 0.15) is 5.56 Å². The number of hydrogen-bond donors (Lipinski definition) is 3. The molecule has 0 spiro atoms. The van der Waals surface area contributed by atoms with Gasteiger partial charge in [0.25, 0.3) is 5.56 Å². The van der Waals surface area contributed by atoms with Crippen molar-refractivity contribution in [3.05, 3.63) is 49.4 Å². The van der Waals surface area contributed by atoms with E-state index in [9.17, 15) is 18.7 Å². The molecule has 3 N–H and O–H groups in total. The van der Waals surface area contributed by atoms with E-state index in [2.05, 4.69) is 5.10 Å². The minimum absolute atomic E-state index is 0.0121. The molecule has 10 heteroatoms. The van der Waals surface area contributed by atoms with Crippen molar-refractivity contribution in [1.29, 1.82) is 0 Å². The van der Waals surface area contributed by atoms with Crippen LogP contribution in [0.1, 0.15) is 41.4 Å². The number of aryl methyl sites for hydroxylation is 1. The van der Waals surface area contributed by atoms with Gasteiger partial charge in [-0.25, -0.2) is 0 Å². The fraction of sp³-hybridized carbons (Fsp3) is 0.412. The number of hydrogen-bond acceptors (Lipinski definition) is 5.